The number of benzene rings is 1. The Bertz CT molecular complexity index is 741. The predicted octanol–water partition coefficient (Wildman–Crippen LogP) is 3.79. The molecule has 1 aromatic heterocycles. The van der Waals surface area contributed by atoms with Gasteiger partial charge in [0.25, 0.3) is 0 Å². The molecule has 3 N–H and O–H groups in total. The van der Waals surface area contributed by atoms with Crippen molar-refractivity contribution < 1.29 is 9.59 Å². The zero-order valence-corrected chi connectivity index (χ0v) is 16.0. The Kier molecular flexibility index (Phi) is 6.29. The zero-order valence-electron chi connectivity index (χ0n) is 14.4. The number of thiophene rings is 1. The molecule has 2 aromatic rings. The van der Waals surface area contributed by atoms with Crippen molar-refractivity contribution in [1.82, 2.24) is 16.0 Å². The molecule has 0 atom stereocenters. The standard InChI is InChI=1S/C19H22ClN3O2S/c20-15-7-5-14(6-8-15)19(9-1-2-10-19)22-13-17(24)23-18(25)21-12-16-4-3-11-26-16/h3-8,11,22H,1-2,9-10,12-13H2,(H2,21,23,24,25). The van der Waals surface area contributed by atoms with Crippen molar-refractivity contribution in [3.8, 4) is 0 Å². The van der Waals surface area contributed by atoms with Crippen LogP contribution >= 0.6 is 22.9 Å². The third-order valence-corrected chi connectivity index (χ3v) is 5.83. The molecule has 138 valence electrons. The van der Waals surface area contributed by atoms with Crippen molar-refractivity contribution in [2.45, 2.75) is 37.8 Å². The topological polar surface area (TPSA) is 70.2 Å². The molecule has 7 heteroatoms. The first-order chi connectivity index (χ1) is 12.6. The number of urea groups is 1. The van der Waals surface area contributed by atoms with E-state index in [1.807, 2.05) is 41.8 Å². The van der Waals surface area contributed by atoms with E-state index in [0.717, 1.165) is 36.1 Å². The van der Waals surface area contributed by atoms with Gasteiger partial charge in [-0.3, -0.25) is 15.4 Å². The average Bonchev–Trinajstić information content (AvgIpc) is 3.31. The molecule has 3 amide bonds. The number of hydrogen-bond donors (Lipinski definition) is 3. The van der Waals surface area contributed by atoms with Crippen LogP contribution in [0.4, 0.5) is 4.79 Å². The van der Waals surface area contributed by atoms with E-state index in [0.29, 0.717) is 11.6 Å². The summed E-state index contributed by atoms with van der Waals surface area (Å²) in [6, 6.07) is 11.1. The van der Waals surface area contributed by atoms with Crippen LogP contribution in [0.15, 0.2) is 41.8 Å². The van der Waals surface area contributed by atoms with Gasteiger partial charge in [-0.25, -0.2) is 4.79 Å². The molecule has 1 aromatic carbocycles. The number of imide groups is 1. The maximum Gasteiger partial charge on any atom is 0.321 e. The number of amides is 3. The molecule has 3 rings (SSSR count). The quantitative estimate of drug-likeness (QED) is 0.701. The minimum absolute atomic E-state index is 0.0923. The Labute approximate surface area is 162 Å². The molecule has 1 aliphatic rings. The monoisotopic (exact) mass is 391 g/mol. The van der Waals surface area contributed by atoms with Crippen molar-refractivity contribution in [3.63, 3.8) is 0 Å². The van der Waals surface area contributed by atoms with Crippen LogP contribution in [0.5, 0.6) is 0 Å². The molecule has 1 fully saturated rings. The molecular weight excluding hydrogens is 370 g/mol. The SMILES string of the molecule is O=C(CNC1(c2ccc(Cl)cc2)CCCC1)NC(=O)NCc1cccs1. The van der Waals surface area contributed by atoms with Crippen molar-refractivity contribution >= 4 is 34.9 Å². The number of carbonyl (C=O) groups excluding carboxylic acids is 2. The minimum atomic E-state index is -0.475. The lowest BCUT2D eigenvalue weighted by Crippen LogP contribution is -2.48. The lowest BCUT2D eigenvalue weighted by atomic mass is 9.88. The van der Waals surface area contributed by atoms with E-state index in [1.165, 1.54) is 0 Å². The Morgan fingerprint density at radius 2 is 1.85 bits per heavy atom. The molecule has 0 unspecified atom stereocenters. The summed E-state index contributed by atoms with van der Waals surface area (Å²) >= 11 is 7.55. The van der Waals surface area contributed by atoms with Crippen LogP contribution in [0, 0.1) is 0 Å². The van der Waals surface area contributed by atoms with Gasteiger partial charge >= 0.3 is 6.03 Å². The molecule has 1 saturated carbocycles. The number of carbonyl (C=O) groups is 2. The van der Waals surface area contributed by atoms with Gasteiger partial charge in [-0.05, 0) is 42.0 Å². The third-order valence-electron chi connectivity index (χ3n) is 4.70. The van der Waals surface area contributed by atoms with Crippen LogP contribution in [0.25, 0.3) is 0 Å². The summed E-state index contributed by atoms with van der Waals surface area (Å²) in [7, 11) is 0. The molecule has 0 radical (unpaired) electrons. The molecule has 0 aliphatic heterocycles. The van der Waals surface area contributed by atoms with Crippen LogP contribution in [0.3, 0.4) is 0 Å². The van der Waals surface area contributed by atoms with Gasteiger partial charge in [-0.1, -0.05) is 42.6 Å². The second-order valence-corrected chi connectivity index (χ2v) is 7.93. The first-order valence-corrected chi connectivity index (χ1v) is 9.94. The molecule has 5 nitrogen and oxygen atoms in total. The smallest absolute Gasteiger partial charge is 0.321 e. The van der Waals surface area contributed by atoms with Crippen LogP contribution in [-0.4, -0.2) is 18.5 Å². The highest BCUT2D eigenvalue weighted by Gasteiger charge is 2.35. The Balaban J connectivity index is 1.51. The zero-order chi connectivity index (χ0) is 18.4. The van der Waals surface area contributed by atoms with Gasteiger partial charge in [0.05, 0.1) is 13.1 Å². The molecule has 1 aliphatic carbocycles. The van der Waals surface area contributed by atoms with Crippen molar-refractivity contribution in [1.29, 1.82) is 0 Å². The maximum absolute atomic E-state index is 12.1. The highest BCUT2D eigenvalue weighted by molar-refractivity contribution is 7.09. The Morgan fingerprint density at radius 3 is 2.50 bits per heavy atom. The van der Waals surface area contributed by atoms with E-state index in [2.05, 4.69) is 16.0 Å². The van der Waals surface area contributed by atoms with Gasteiger partial charge in [0, 0.05) is 15.4 Å². The van der Waals surface area contributed by atoms with Crippen LogP contribution < -0.4 is 16.0 Å². The second kappa shape index (κ2) is 8.66. The lowest BCUT2D eigenvalue weighted by Gasteiger charge is -2.31. The third kappa shape index (κ3) is 4.84. The highest BCUT2D eigenvalue weighted by atomic mass is 35.5. The van der Waals surface area contributed by atoms with Crippen LogP contribution in [0.1, 0.15) is 36.1 Å². The molecule has 1 heterocycles. The number of rotatable bonds is 6. The molecule has 26 heavy (non-hydrogen) atoms. The summed E-state index contributed by atoms with van der Waals surface area (Å²) in [5.74, 6) is -0.339. The van der Waals surface area contributed by atoms with Gasteiger partial charge in [0.1, 0.15) is 0 Å². The highest BCUT2D eigenvalue weighted by Crippen LogP contribution is 2.38. The molecule has 0 saturated heterocycles. The largest absolute Gasteiger partial charge is 0.333 e. The van der Waals surface area contributed by atoms with E-state index >= 15 is 0 Å². The number of halogens is 1. The fourth-order valence-corrected chi connectivity index (χ4v) is 4.13. The van der Waals surface area contributed by atoms with Gasteiger partial charge < -0.3 is 5.32 Å². The summed E-state index contributed by atoms with van der Waals surface area (Å²) in [5, 5.41) is 11.1. The van der Waals surface area contributed by atoms with Gasteiger partial charge in [0.2, 0.25) is 5.91 Å². The molecule has 0 spiro atoms. The normalized spacial score (nSPS) is 15.6. The molecule has 0 bridgehead atoms. The Hall–Kier alpha value is -1.89. The van der Waals surface area contributed by atoms with Crippen molar-refractivity contribution in [3.05, 3.63) is 57.2 Å². The first-order valence-electron chi connectivity index (χ1n) is 8.69. The van der Waals surface area contributed by atoms with Crippen LogP contribution in [-0.2, 0) is 16.9 Å². The fourth-order valence-electron chi connectivity index (χ4n) is 3.36. The van der Waals surface area contributed by atoms with E-state index in [-0.39, 0.29) is 18.0 Å². The van der Waals surface area contributed by atoms with Gasteiger partial charge in [-0.2, -0.15) is 0 Å². The number of hydrogen-bond acceptors (Lipinski definition) is 4. The van der Waals surface area contributed by atoms with E-state index < -0.39 is 6.03 Å². The summed E-state index contributed by atoms with van der Waals surface area (Å²) in [6.07, 6.45) is 4.15. The molecular formula is C19H22ClN3O2S. The summed E-state index contributed by atoms with van der Waals surface area (Å²) < 4.78 is 0. The van der Waals surface area contributed by atoms with E-state index in [9.17, 15) is 9.59 Å². The van der Waals surface area contributed by atoms with Crippen molar-refractivity contribution in [2.24, 2.45) is 0 Å². The maximum atomic E-state index is 12.1. The first kappa shape index (κ1) is 18.9. The van der Waals surface area contributed by atoms with Gasteiger partial charge in [0.15, 0.2) is 0 Å². The van der Waals surface area contributed by atoms with Crippen molar-refractivity contribution in [2.75, 3.05) is 6.54 Å². The summed E-state index contributed by atoms with van der Waals surface area (Å²) in [4.78, 5) is 25.0. The summed E-state index contributed by atoms with van der Waals surface area (Å²) in [5.41, 5.74) is 0.907. The predicted molar refractivity (Wildman–Crippen MR) is 104 cm³/mol. The van der Waals surface area contributed by atoms with E-state index in [4.69, 9.17) is 11.6 Å². The van der Waals surface area contributed by atoms with Crippen LogP contribution in [0.2, 0.25) is 5.02 Å². The Morgan fingerprint density at radius 1 is 1.12 bits per heavy atom. The fraction of sp³-hybridized carbons (Fsp3) is 0.368. The number of nitrogens with one attached hydrogen (secondary N) is 3. The second-order valence-electron chi connectivity index (χ2n) is 6.46. The van der Waals surface area contributed by atoms with E-state index in [1.54, 1.807) is 11.3 Å². The lowest BCUT2D eigenvalue weighted by molar-refractivity contribution is -0.119. The summed E-state index contributed by atoms with van der Waals surface area (Å²) in [6.45, 7) is 0.508. The van der Waals surface area contributed by atoms with Gasteiger partial charge in [-0.15, -0.1) is 11.3 Å². The average molecular weight is 392 g/mol. The minimum Gasteiger partial charge on any atom is -0.333 e.